The molecule has 0 saturated heterocycles. The molecular formula is C12H16N2O2. The molecule has 2 aromatic heterocycles. The Labute approximate surface area is 94.4 Å². The third kappa shape index (κ3) is 1.41. The van der Waals surface area contributed by atoms with Crippen LogP contribution in [-0.2, 0) is 6.42 Å². The molecule has 86 valence electrons. The Morgan fingerprint density at radius 3 is 2.38 bits per heavy atom. The Hall–Kier alpha value is -1.71. The minimum Gasteiger partial charge on any atom is -0.466 e. The minimum atomic E-state index is 0.468. The van der Waals surface area contributed by atoms with Gasteiger partial charge in [0, 0.05) is 11.1 Å². The van der Waals surface area contributed by atoms with Crippen molar-refractivity contribution in [2.24, 2.45) is 0 Å². The zero-order valence-electron chi connectivity index (χ0n) is 10.0. The summed E-state index contributed by atoms with van der Waals surface area (Å²) in [5.41, 5.74) is 8.78. The van der Waals surface area contributed by atoms with Crippen molar-refractivity contribution in [2.75, 3.05) is 5.73 Å². The lowest BCUT2D eigenvalue weighted by atomic mass is 10.0. The lowest BCUT2D eigenvalue weighted by molar-refractivity contribution is 0.433. The van der Waals surface area contributed by atoms with Crippen LogP contribution in [0.4, 0.5) is 5.82 Å². The lowest BCUT2D eigenvalue weighted by Gasteiger charge is -1.99. The quantitative estimate of drug-likeness (QED) is 0.844. The molecule has 0 spiro atoms. The molecule has 0 aromatic carbocycles. The zero-order chi connectivity index (χ0) is 11.9. The smallest absolute Gasteiger partial charge is 0.176 e. The van der Waals surface area contributed by atoms with Gasteiger partial charge in [0.15, 0.2) is 11.6 Å². The van der Waals surface area contributed by atoms with Gasteiger partial charge in [0.2, 0.25) is 0 Å². The summed E-state index contributed by atoms with van der Waals surface area (Å²) in [6.07, 6.45) is 0.799. The Balaban J connectivity index is 2.67. The van der Waals surface area contributed by atoms with Crippen LogP contribution in [0.1, 0.15) is 29.6 Å². The number of nitrogens with two attached hydrogens (primary N) is 1. The predicted octanol–water partition coefficient (Wildman–Crippen LogP) is 3.00. The molecule has 0 aliphatic rings. The lowest BCUT2D eigenvalue weighted by Crippen LogP contribution is -1.91. The molecule has 0 amide bonds. The molecule has 4 nitrogen and oxygen atoms in total. The van der Waals surface area contributed by atoms with E-state index in [4.69, 9.17) is 14.7 Å². The van der Waals surface area contributed by atoms with Crippen molar-refractivity contribution in [3.63, 3.8) is 0 Å². The predicted molar refractivity (Wildman–Crippen MR) is 62.2 cm³/mol. The third-order valence-corrected chi connectivity index (χ3v) is 2.96. The first-order valence-corrected chi connectivity index (χ1v) is 5.37. The van der Waals surface area contributed by atoms with E-state index < -0.39 is 0 Å². The van der Waals surface area contributed by atoms with Crippen LogP contribution in [0.5, 0.6) is 0 Å². The van der Waals surface area contributed by atoms with Gasteiger partial charge in [-0.3, -0.25) is 0 Å². The van der Waals surface area contributed by atoms with Crippen LogP contribution < -0.4 is 5.73 Å². The fourth-order valence-electron chi connectivity index (χ4n) is 1.99. The van der Waals surface area contributed by atoms with Crippen molar-refractivity contribution in [1.29, 1.82) is 0 Å². The summed E-state index contributed by atoms with van der Waals surface area (Å²) in [6, 6.07) is 0. The summed E-state index contributed by atoms with van der Waals surface area (Å²) < 4.78 is 10.9. The highest BCUT2D eigenvalue weighted by Gasteiger charge is 2.21. The molecule has 0 unspecified atom stereocenters. The van der Waals surface area contributed by atoms with Crippen LogP contribution in [0.15, 0.2) is 8.94 Å². The number of furan rings is 1. The van der Waals surface area contributed by atoms with Gasteiger partial charge in [-0.2, -0.15) is 0 Å². The molecule has 0 radical (unpaired) electrons. The summed E-state index contributed by atoms with van der Waals surface area (Å²) in [6.45, 7) is 7.91. The molecule has 0 saturated carbocycles. The van der Waals surface area contributed by atoms with E-state index in [1.165, 1.54) is 0 Å². The largest absolute Gasteiger partial charge is 0.466 e. The summed E-state index contributed by atoms with van der Waals surface area (Å²) in [4.78, 5) is 0. The molecule has 2 rings (SSSR count). The topological polar surface area (TPSA) is 65.2 Å². The SMILES string of the molecule is CCc1c(N)noc1-c1c(C)oc(C)c1C. The van der Waals surface area contributed by atoms with Gasteiger partial charge < -0.3 is 14.7 Å². The minimum absolute atomic E-state index is 0.468. The highest BCUT2D eigenvalue weighted by molar-refractivity contribution is 5.71. The monoisotopic (exact) mass is 220 g/mol. The first kappa shape index (κ1) is 10.8. The van der Waals surface area contributed by atoms with Gasteiger partial charge in [-0.15, -0.1) is 0 Å². The molecule has 2 heterocycles. The summed E-state index contributed by atoms with van der Waals surface area (Å²) >= 11 is 0. The average molecular weight is 220 g/mol. The van der Waals surface area contributed by atoms with Crippen LogP contribution in [0.3, 0.4) is 0 Å². The van der Waals surface area contributed by atoms with Crippen molar-refractivity contribution in [3.05, 3.63) is 22.6 Å². The van der Waals surface area contributed by atoms with E-state index in [1.807, 2.05) is 27.7 Å². The van der Waals surface area contributed by atoms with Crippen molar-refractivity contribution < 1.29 is 8.94 Å². The summed E-state index contributed by atoms with van der Waals surface area (Å²) in [5.74, 6) is 2.97. The van der Waals surface area contributed by atoms with E-state index in [2.05, 4.69) is 5.16 Å². The molecule has 2 aromatic rings. The third-order valence-electron chi connectivity index (χ3n) is 2.96. The average Bonchev–Trinajstić information content (AvgIpc) is 2.70. The second-order valence-corrected chi connectivity index (χ2v) is 3.94. The van der Waals surface area contributed by atoms with Gasteiger partial charge in [-0.1, -0.05) is 12.1 Å². The molecule has 0 bridgehead atoms. The van der Waals surface area contributed by atoms with Gasteiger partial charge >= 0.3 is 0 Å². The van der Waals surface area contributed by atoms with Gasteiger partial charge in [-0.25, -0.2) is 0 Å². The van der Waals surface area contributed by atoms with Crippen LogP contribution in [0.25, 0.3) is 11.3 Å². The number of aryl methyl sites for hydroxylation is 2. The van der Waals surface area contributed by atoms with E-state index >= 15 is 0 Å². The van der Waals surface area contributed by atoms with E-state index in [0.29, 0.717) is 5.82 Å². The van der Waals surface area contributed by atoms with Gasteiger partial charge in [0.1, 0.15) is 11.5 Å². The number of nitrogens with zero attached hydrogens (tertiary/aromatic N) is 1. The van der Waals surface area contributed by atoms with Crippen molar-refractivity contribution in [1.82, 2.24) is 5.16 Å². The number of aromatic nitrogens is 1. The van der Waals surface area contributed by atoms with Crippen LogP contribution >= 0.6 is 0 Å². The number of rotatable bonds is 2. The number of hydrogen-bond acceptors (Lipinski definition) is 4. The summed E-state index contributed by atoms with van der Waals surface area (Å²) in [5, 5.41) is 3.82. The molecule has 0 atom stereocenters. The molecule has 4 heteroatoms. The fourth-order valence-corrected chi connectivity index (χ4v) is 1.99. The number of hydrogen-bond donors (Lipinski definition) is 1. The van der Waals surface area contributed by atoms with Crippen molar-refractivity contribution in [3.8, 4) is 11.3 Å². The second-order valence-electron chi connectivity index (χ2n) is 3.94. The maximum atomic E-state index is 5.76. The number of nitrogen functional groups attached to an aromatic ring is 1. The van der Waals surface area contributed by atoms with Crippen LogP contribution in [0.2, 0.25) is 0 Å². The Morgan fingerprint density at radius 2 is 1.88 bits per heavy atom. The number of anilines is 1. The molecule has 0 aliphatic carbocycles. The molecule has 2 N–H and O–H groups in total. The first-order valence-electron chi connectivity index (χ1n) is 5.37. The first-order chi connectivity index (χ1) is 7.56. The van der Waals surface area contributed by atoms with Crippen LogP contribution in [0, 0.1) is 20.8 Å². The maximum absolute atomic E-state index is 5.76. The van der Waals surface area contributed by atoms with Gasteiger partial charge in [0.05, 0.1) is 5.56 Å². The van der Waals surface area contributed by atoms with Crippen molar-refractivity contribution >= 4 is 5.82 Å². The molecule has 0 fully saturated rings. The highest BCUT2D eigenvalue weighted by atomic mass is 16.5. The molecule has 0 aliphatic heterocycles. The Bertz CT molecular complexity index is 523. The standard InChI is InChI=1S/C12H16N2O2/c1-5-9-11(16-14-12(9)13)10-6(2)7(3)15-8(10)4/h5H2,1-4H3,(H2,13,14). The van der Waals surface area contributed by atoms with Crippen molar-refractivity contribution in [2.45, 2.75) is 34.1 Å². The molecule has 16 heavy (non-hydrogen) atoms. The summed E-state index contributed by atoms with van der Waals surface area (Å²) in [7, 11) is 0. The van der Waals surface area contributed by atoms with E-state index in [9.17, 15) is 0 Å². The zero-order valence-corrected chi connectivity index (χ0v) is 10.0. The fraction of sp³-hybridized carbons (Fsp3) is 0.417. The van der Waals surface area contributed by atoms with Gasteiger partial charge in [0.25, 0.3) is 0 Å². The van der Waals surface area contributed by atoms with E-state index in [-0.39, 0.29) is 0 Å². The molecular weight excluding hydrogens is 204 g/mol. The van der Waals surface area contributed by atoms with Crippen LogP contribution in [-0.4, -0.2) is 5.16 Å². The highest BCUT2D eigenvalue weighted by Crippen LogP contribution is 2.35. The van der Waals surface area contributed by atoms with E-state index in [1.54, 1.807) is 0 Å². The Kier molecular flexibility index (Phi) is 2.50. The normalized spacial score (nSPS) is 11.0. The Morgan fingerprint density at radius 1 is 1.19 bits per heavy atom. The van der Waals surface area contributed by atoms with E-state index in [0.717, 1.165) is 40.4 Å². The maximum Gasteiger partial charge on any atom is 0.176 e. The van der Waals surface area contributed by atoms with Gasteiger partial charge in [-0.05, 0) is 27.2 Å². The second kappa shape index (κ2) is 3.70.